The van der Waals surface area contributed by atoms with Crippen LogP contribution in [0, 0.1) is 29.9 Å². The second-order valence-electron chi connectivity index (χ2n) is 6.20. The summed E-state index contributed by atoms with van der Waals surface area (Å²) in [6.07, 6.45) is 0.570. The molecule has 2 unspecified atom stereocenters. The Morgan fingerprint density at radius 1 is 1.22 bits per heavy atom. The first-order valence-electron chi connectivity index (χ1n) is 6.34. The molecule has 1 nitrogen and oxygen atoms in total. The fourth-order valence-electron chi connectivity index (χ4n) is 1.87. The van der Waals surface area contributed by atoms with Crippen molar-refractivity contribution in [3.8, 4) is 0 Å². The lowest BCUT2D eigenvalue weighted by molar-refractivity contribution is 0.231. The normalized spacial score (nSPS) is 15.6. The molecule has 0 aliphatic carbocycles. The van der Waals surface area contributed by atoms with Gasteiger partial charge in [-0.3, -0.25) is 0 Å². The summed E-state index contributed by atoms with van der Waals surface area (Å²) in [5.74, 6) is -0.776. The molecule has 0 bridgehead atoms. The van der Waals surface area contributed by atoms with Crippen LogP contribution in [0.2, 0.25) is 0 Å². The maximum Gasteiger partial charge on any atom is 0.133 e. The van der Waals surface area contributed by atoms with Gasteiger partial charge in [0.05, 0.1) is 0 Å². The van der Waals surface area contributed by atoms with Crippen molar-refractivity contribution in [1.29, 1.82) is 0 Å². The molecule has 102 valence electrons. The van der Waals surface area contributed by atoms with E-state index in [4.69, 9.17) is 5.73 Å². The number of nitrogens with two attached hydrogens (primary N) is 1. The van der Waals surface area contributed by atoms with Crippen molar-refractivity contribution in [2.24, 2.45) is 17.1 Å². The number of benzene rings is 1. The lowest BCUT2D eigenvalue weighted by Gasteiger charge is -2.30. The van der Waals surface area contributed by atoms with E-state index in [0.29, 0.717) is 12.0 Å². The van der Waals surface area contributed by atoms with Crippen LogP contribution < -0.4 is 5.73 Å². The summed E-state index contributed by atoms with van der Waals surface area (Å²) in [5, 5.41) is 0. The summed E-state index contributed by atoms with van der Waals surface area (Å²) in [4.78, 5) is 0. The SMILES string of the molecule is Cc1ccc(F)c(C(N)CC(C)C(C)(C)C)c1F. The molecule has 0 aromatic heterocycles. The minimum absolute atomic E-state index is 0.0195. The van der Waals surface area contributed by atoms with Crippen molar-refractivity contribution in [2.75, 3.05) is 0 Å². The zero-order chi connectivity index (χ0) is 14.1. The highest BCUT2D eigenvalue weighted by molar-refractivity contribution is 5.29. The quantitative estimate of drug-likeness (QED) is 0.854. The van der Waals surface area contributed by atoms with Gasteiger partial charge in [0, 0.05) is 11.6 Å². The van der Waals surface area contributed by atoms with Gasteiger partial charge in [-0.15, -0.1) is 0 Å². The van der Waals surface area contributed by atoms with Gasteiger partial charge in [0.1, 0.15) is 11.6 Å². The van der Waals surface area contributed by atoms with Crippen molar-refractivity contribution in [2.45, 2.75) is 47.1 Å². The minimum atomic E-state index is -0.598. The van der Waals surface area contributed by atoms with E-state index in [2.05, 4.69) is 27.7 Å². The van der Waals surface area contributed by atoms with Crippen LogP contribution >= 0.6 is 0 Å². The topological polar surface area (TPSA) is 26.0 Å². The number of hydrogen-bond donors (Lipinski definition) is 1. The Labute approximate surface area is 108 Å². The van der Waals surface area contributed by atoms with E-state index in [1.54, 1.807) is 6.92 Å². The zero-order valence-electron chi connectivity index (χ0n) is 11.8. The Balaban J connectivity index is 2.98. The molecular weight excluding hydrogens is 232 g/mol. The maximum atomic E-state index is 13.9. The van der Waals surface area contributed by atoms with Crippen molar-refractivity contribution < 1.29 is 8.78 Å². The molecule has 0 aliphatic heterocycles. The summed E-state index contributed by atoms with van der Waals surface area (Å²) >= 11 is 0. The maximum absolute atomic E-state index is 13.9. The molecule has 0 saturated carbocycles. The van der Waals surface area contributed by atoms with E-state index in [-0.39, 0.29) is 16.9 Å². The standard InChI is InChI=1S/C15H23F2N/c1-9-6-7-11(16)13(14(9)17)12(18)8-10(2)15(3,4)5/h6-7,10,12H,8,18H2,1-5H3. The Bertz CT molecular complexity index is 421. The fraction of sp³-hybridized carbons (Fsp3) is 0.600. The first kappa shape index (κ1) is 15.1. The molecule has 2 atom stereocenters. The van der Waals surface area contributed by atoms with Crippen LogP contribution in [0.4, 0.5) is 8.78 Å². The van der Waals surface area contributed by atoms with E-state index in [1.807, 2.05) is 0 Å². The predicted octanol–water partition coefficient (Wildman–Crippen LogP) is 4.35. The molecule has 0 spiro atoms. The van der Waals surface area contributed by atoms with Gasteiger partial charge in [-0.25, -0.2) is 8.78 Å². The highest BCUT2D eigenvalue weighted by Gasteiger charge is 2.26. The first-order valence-corrected chi connectivity index (χ1v) is 6.34. The smallest absolute Gasteiger partial charge is 0.133 e. The van der Waals surface area contributed by atoms with Crippen LogP contribution in [0.3, 0.4) is 0 Å². The second-order valence-corrected chi connectivity index (χ2v) is 6.20. The van der Waals surface area contributed by atoms with Crippen molar-refractivity contribution in [3.05, 3.63) is 34.9 Å². The third-order valence-corrected chi connectivity index (χ3v) is 3.78. The van der Waals surface area contributed by atoms with Crippen LogP contribution in [0.15, 0.2) is 12.1 Å². The molecule has 0 aliphatic rings. The monoisotopic (exact) mass is 255 g/mol. The van der Waals surface area contributed by atoms with Gasteiger partial charge >= 0.3 is 0 Å². The molecule has 0 fully saturated rings. The zero-order valence-corrected chi connectivity index (χ0v) is 11.8. The molecular formula is C15H23F2N. The predicted molar refractivity (Wildman–Crippen MR) is 71.3 cm³/mol. The summed E-state index contributed by atoms with van der Waals surface area (Å²) in [6.45, 7) is 10.00. The lowest BCUT2D eigenvalue weighted by atomic mass is 9.77. The average molecular weight is 255 g/mol. The third-order valence-electron chi connectivity index (χ3n) is 3.78. The van der Waals surface area contributed by atoms with Gasteiger partial charge in [0.2, 0.25) is 0 Å². The Morgan fingerprint density at radius 3 is 2.28 bits per heavy atom. The Hall–Kier alpha value is -0.960. The number of aryl methyl sites for hydroxylation is 1. The second kappa shape index (κ2) is 5.35. The molecule has 0 amide bonds. The average Bonchev–Trinajstić information content (AvgIpc) is 2.22. The number of hydrogen-bond acceptors (Lipinski definition) is 1. The number of halogens is 2. The lowest BCUT2D eigenvalue weighted by Crippen LogP contribution is -2.24. The molecule has 1 aromatic carbocycles. The Morgan fingerprint density at radius 2 is 1.78 bits per heavy atom. The van der Waals surface area contributed by atoms with E-state index >= 15 is 0 Å². The van der Waals surface area contributed by atoms with Crippen LogP contribution in [-0.4, -0.2) is 0 Å². The molecule has 0 heterocycles. The van der Waals surface area contributed by atoms with Gasteiger partial charge in [-0.05, 0) is 36.3 Å². The van der Waals surface area contributed by atoms with Gasteiger partial charge in [-0.2, -0.15) is 0 Å². The Kier molecular flexibility index (Phi) is 4.49. The largest absolute Gasteiger partial charge is 0.324 e. The summed E-state index contributed by atoms with van der Waals surface area (Å²) < 4.78 is 27.6. The molecule has 0 saturated heterocycles. The fourth-order valence-corrected chi connectivity index (χ4v) is 1.87. The molecule has 2 N–H and O–H groups in total. The van der Waals surface area contributed by atoms with Gasteiger partial charge < -0.3 is 5.73 Å². The first-order chi connectivity index (χ1) is 8.14. The molecule has 1 rings (SSSR count). The number of rotatable bonds is 3. The minimum Gasteiger partial charge on any atom is -0.324 e. The highest BCUT2D eigenvalue weighted by Crippen LogP contribution is 2.34. The molecule has 0 radical (unpaired) electrons. The van der Waals surface area contributed by atoms with Crippen molar-refractivity contribution in [3.63, 3.8) is 0 Å². The van der Waals surface area contributed by atoms with Crippen LogP contribution in [-0.2, 0) is 0 Å². The van der Waals surface area contributed by atoms with Gasteiger partial charge in [0.25, 0.3) is 0 Å². The summed E-state index contributed by atoms with van der Waals surface area (Å²) in [6, 6.07) is 2.13. The van der Waals surface area contributed by atoms with Crippen molar-refractivity contribution >= 4 is 0 Å². The van der Waals surface area contributed by atoms with Crippen LogP contribution in [0.5, 0.6) is 0 Å². The van der Waals surface area contributed by atoms with Crippen molar-refractivity contribution in [1.82, 2.24) is 0 Å². The van der Waals surface area contributed by atoms with Crippen LogP contribution in [0.25, 0.3) is 0 Å². The summed E-state index contributed by atoms with van der Waals surface area (Å²) in [7, 11) is 0. The highest BCUT2D eigenvalue weighted by atomic mass is 19.1. The van der Waals surface area contributed by atoms with E-state index in [9.17, 15) is 8.78 Å². The third kappa shape index (κ3) is 3.29. The van der Waals surface area contributed by atoms with E-state index < -0.39 is 17.7 Å². The van der Waals surface area contributed by atoms with Gasteiger partial charge in [0.15, 0.2) is 0 Å². The molecule has 3 heteroatoms. The van der Waals surface area contributed by atoms with Gasteiger partial charge in [-0.1, -0.05) is 33.8 Å². The van der Waals surface area contributed by atoms with E-state index in [0.717, 1.165) is 0 Å². The summed E-state index contributed by atoms with van der Waals surface area (Å²) in [5.41, 5.74) is 6.52. The molecule has 18 heavy (non-hydrogen) atoms. The van der Waals surface area contributed by atoms with Crippen LogP contribution in [0.1, 0.15) is 51.3 Å². The van der Waals surface area contributed by atoms with E-state index in [1.165, 1.54) is 12.1 Å². The molecule has 1 aromatic rings.